The summed E-state index contributed by atoms with van der Waals surface area (Å²) in [4.78, 5) is 0. The Morgan fingerprint density at radius 2 is 1.78 bits per heavy atom. The number of halogens is 1. The summed E-state index contributed by atoms with van der Waals surface area (Å²) >= 11 is 9.00. The van der Waals surface area contributed by atoms with Crippen LogP contribution in [0.5, 0.6) is 5.75 Å². The molecule has 0 unspecified atom stereocenters. The Kier molecular flexibility index (Phi) is 6.13. The van der Waals surface area contributed by atoms with Gasteiger partial charge in [0.25, 0.3) is 0 Å². The predicted octanol–water partition coefficient (Wildman–Crippen LogP) is 5.13. The van der Waals surface area contributed by atoms with Gasteiger partial charge in [0.05, 0.1) is 29.5 Å². The molecule has 0 aliphatic heterocycles. The highest BCUT2D eigenvalue weighted by molar-refractivity contribution is 9.10. The summed E-state index contributed by atoms with van der Waals surface area (Å²) in [5, 5.41) is 11.5. The van der Waals surface area contributed by atoms with Gasteiger partial charge in [-0.15, -0.1) is 0 Å². The normalized spacial score (nSPS) is 10.5. The highest BCUT2D eigenvalue weighted by atomic mass is 79.9. The first kappa shape index (κ1) is 19.4. The first-order chi connectivity index (χ1) is 13.0. The number of aromatic nitrogens is 2. The monoisotopic (exact) mass is 444 g/mol. The van der Waals surface area contributed by atoms with Crippen molar-refractivity contribution in [2.45, 2.75) is 20.4 Å². The Bertz CT molecular complexity index is 970. The van der Waals surface area contributed by atoms with Crippen LogP contribution < -0.4 is 15.4 Å². The zero-order valence-corrected chi connectivity index (χ0v) is 17.8. The molecule has 3 aromatic rings. The van der Waals surface area contributed by atoms with Gasteiger partial charge in [0.2, 0.25) is 0 Å². The number of aryl methyl sites for hydroxylation is 1. The summed E-state index contributed by atoms with van der Waals surface area (Å²) in [6, 6.07) is 15.8. The first-order valence-electron chi connectivity index (χ1n) is 8.47. The number of anilines is 2. The molecule has 1 aromatic heterocycles. The molecule has 0 aliphatic carbocycles. The molecule has 0 saturated carbocycles. The van der Waals surface area contributed by atoms with E-state index in [-0.39, 0.29) is 0 Å². The lowest BCUT2D eigenvalue weighted by Crippen LogP contribution is -2.19. The van der Waals surface area contributed by atoms with Gasteiger partial charge in [0.15, 0.2) is 5.11 Å². The van der Waals surface area contributed by atoms with Gasteiger partial charge in [-0.3, -0.25) is 4.68 Å². The van der Waals surface area contributed by atoms with E-state index >= 15 is 0 Å². The van der Waals surface area contributed by atoms with Gasteiger partial charge in [-0.05, 0) is 71.8 Å². The van der Waals surface area contributed by atoms with E-state index in [1.807, 2.05) is 48.0 Å². The molecule has 0 saturated heterocycles. The van der Waals surface area contributed by atoms with Crippen molar-refractivity contribution >= 4 is 44.6 Å². The van der Waals surface area contributed by atoms with Crippen LogP contribution in [-0.2, 0) is 6.54 Å². The summed E-state index contributed by atoms with van der Waals surface area (Å²) in [5.41, 5.74) is 5.04. The summed E-state index contributed by atoms with van der Waals surface area (Å²) in [5.74, 6) is 0.779. The van der Waals surface area contributed by atoms with Crippen molar-refractivity contribution in [1.82, 2.24) is 9.78 Å². The number of nitrogens with one attached hydrogen (secondary N) is 2. The third kappa shape index (κ3) is 4.87. The molecule has 7 heteroatoms. The summed E-state index contributed by atoms with van der Waals surface area (Å²) in [6.07, 6.45) is 0. The average Bonchev–Trinajstić information content (AvgIpc) is 2.89. The maximum Gasteiger partial charge on any atom is 0.175 e. The Balaban J connectivity index is 1.68. The van der Waals surface area contributed by atoms with Crippen LogP contribution in [0, 0.1) is 13.8 Å². The van der Waals surface area contributed by atoms with Gasteiger partial charge < -0.3 is 15.4 Å². The number of ether oxygens (including phenoxy) is 1. The highest BCUT2D eigenvalue weighted by Crippen LogP contribution is 2.21. The Morgan fingerprint density at radius 3 is 2.41 bits per heavy atom. The lowest BCUT2D eigenvalue weighted by molar-refractivity contribution is 0.415. The van der Waals surface area contributed by atoms with Crippen LogP contribution in [-0.4, -0.2) is 22.0 Å². The highest BCUT2D eigenvalue weighted by Gasteiger charge is 2.09. The van der Waals surface area contributed by atoms with Crippen LogP contribution in [0.1, 0.15) is 17.0 Å². The zero-order chi connectivity index (χ0) is 19.4. The van der Waals surface area contributed by atoms with Crippen molar-refractivity contribution in [1.29, 1.82) is 0 Å². The van der Waals surface area contributed by atoms with Gasteiger partial charge >= 0.3 is 0 Å². The van der Waals surface area contributed by atoms with Crippen LogP contribution in [0.2, 0.25) is 0 Å². The predicted molar refractivity (Wildman–Crippen MR) is 118 cm³/mol. The summed E-state index contributed by atoms with van der Waals surface area (Å²) in [6.45, 7) is 4.75. The van der Waals surface area contributed by atoms with Crippen molar-refractivity contribution in [3.8, 4) is 5.75 Å². The molecule has 3 rings (SSSR count). The van der Waals surface area contributed by atoms with Crippen LogP contribution >= 0.6 is 28.1 Å². The maximum atomic E-state index is 5.42. The molecule has 140 valence electrons. The molecular weight excluding hydrogens is 424 g/mol. The van der Waals surface area contributed by atoms with E-state index in [2.05, 4.69) is 50.7 Å². The lowest BCUT2D eigenvalue weighted by atomic mass is 10.2. The second-order valence-electron chi connectivity index (χ2n) is 6.15. The Labute approximate surface area is 172 Å². The van der Waals surface area contributed by atoms with Gasteiger partial charge in [0, 0.05) is 17.4 Å². The largest absolute Gasteiger partial charge is 0.497 e. The van der Waals surface area contributed by atoms with Gasteiger partial charge in [-0.1, -0.05) is 18.2 Å². The minimum Gasteiger partial charge on any atom is -0.497 e. The molecule has 2 N–H and O–H groups in total. The zero-order valence-electron chi connectivity index (χ0n) is 15.4. The molecule has 0 atom stereocenters. The second kappa shape index (κ2) is 8.54. The second-order valence-corrected chi connectivity index (χ2v) is 7.36. The van der Waals surface area contributed by atoms with Crippen LogP contribution in [0.15, 0.2) is 53.0 Å². The molecule has 0 radical (unpaired) electrons. The third-order valence-corrected chi connectivity index (χ3v) is 5.49. The number of thiocarbonyl (C=S) groups is 1. The number of benzene rings is 2. The van der Waals surface area contributed by atoms with E-state index in [1.165, 1.54) is 0 Å². The molecule has 0 amide bonds. The van der Waals surface area contributed by atoms with E-state index in [9.17, 15) is 0 Å². The standard InChI is InChI=1S/C20H21BrN4OS/c1-13-19(21)14(2)25(24-13)12-15-6-4-7-16(10-15)22-20(27)23-17-8-5-9-18(11-17)26-3/h4-11H,12H2,1-3H3,(H2,22,23,27). The van der Waals surface area contributed by atoms with E-state index in [0.717, 1.165) is 38.5 Å². The fraction of sp³-hybridized carbons (Fsp3) is 0.200. The van der Waals surface area contributed by atoms with Crippen LogP contribution in [0.25, 0.3) is 0 Å². The molecule has 0 bridgehead atoms. The van der Waals surface area contributed by atoms with E-state index in [1.54, 1.807) is 7.11 Å². The summed E-state index contributed by atoms with van der Waals surface area (Å²) < 4.78 is 8.28. The molecule has 0 fully saturated rings. The van der Waals surface area contributed by atoms with Crippen molar-refractivity contribution < 1.29 is 4.74 Å². The minimum absolute atomic E-state index is 0.522. The van der Waals surface area contributed by atoms with E-state index < -0.39 is 0 Å². The van der Waals surface area contributed by atoms with E-state index in [4.69, 9.17) is 17.0 Å². The average molecular weight is 445 g/mol. The van der Waals surface area contributed by atoms with Gasteiger partial charge in [-0.2, -0.15) is 5.10 Å². The fourth-order valence-corrected chi connectivity index (χ4v) is 3.26. The molecule has 0 aliphatic rings. The van der Waals surface area contributed by atoms with Crippen molar-refractivity contribution in [3.05, 3.63) is 70.0 Å². The first-order valence-corrected chi connectivity index (χ1v) is 9.67. The van der Waals surface area contributed by atoms with Crippen molar-refractivity contribution in [3.63, 3.8) is 0 Å². The molecule has 2 aromatic carbocycles. The number of nitrogens with zero attached hydrogens (tertiary/aromatic N) is 2. The Morgan fingerprint density at radius 1 is 1.11 bits per heavy atom. The van der Waals surface area contributed by atoms with Crippen LogP contribution in [0.4, 0.5) is 11.4 Å². The van der Waals surface area contributed by atoms with Crippen molar-refractivity contribution in [2.24, 2.45) is 0 Å². The molecular formula is C20H21BrN4OS. The minimum atomic E-state index is 0.522. The van der Waals surface area contributed by atoms with E-state index in [0.29, 0.717) is 11.7 Å². The number of rotatable bonds is 5. The number of hydrogen-bond donors (Lipinski definition) is 2. The topological polar surface area (TPSA) is 51.1 Å². The van der Waals surface area contributed by atoms with Gasteiger partial charge in [0.1, 0.15) is 5.75 Å². The number of hydrogen-bond acceptors (Lipinski definition) is 3. The molecule has 27 heavy (non-hydrogen) atoms. The lowest BCUT2D eigenvalue weighted by Gasteiger charge is -2.12. The molecule has 0 spiro atoms. The SMILES string of the molecule is COc1cccc(NC(=S)Nc2cccc(Cn3nc(C)c(Br)c3C)c2)c1. The van der Waals surface area contributed by atoms with Crippen LogP contribution in [0.3, 0.4) is 0 Å². The Hall–Kier alpha value is -2.38. The third-order valence-electron chi connectivity index (χ3n) is 4.14. The summed E-state index contributed by atoms with van der Waals surface area (Å²) in [7, 11) is 1.64. The van der Waals surface area contributed by atoms with Crippen molar-refractivity contribution in [2.75, 3.05) is 17.7 Å². The molecule has 1 heterocycles. The fourth-order valence-electron chi connectivity index (χ4n) is 2.74. The molecule has 5 nitrogen and oxygen atoms in total. The number of methoxy groups -OCH3 is 1. The quantitative estimate of drug-likeness (QED) is 0.534. The van der Waals surface area contributed by atoms with Gasteiger partial charge in [-0.25, -0.2) is 0 Å². The smallest absolute Gasteiger partial charge is 0.175 e. The maximum absolute atomic E-state index is 5.42.